The molecule has 0 saturated heterocycles. The van der Waals surface area contributed by atoms with E-state index in [-0.39, 0.29) is 12.5 Å². The number of nitrogens with one attached hydrogen (secondary N) is 2. The molecule has 17 heavy (non-hydrogen) atoms. The van der Waals surface area contributed by atoms with Gasteiger partial charge in [-0.3, -0.25) is 14.7 Å². The van der Waals surface area contributed by atoms with Crippen molar-refractivity contribution in [3.05, 3.63) is 30.0 Å². The fraction of sp³-hybridized carbons (Fsp3) is 0.182. The number of fused-ring (bicyclic) bond motifs is 1. The first-order valence-electron chi connectivity index (χ1n) is 4.99. The van der Waals surface area contributed by atoms with Crippen molar-refractivity contribution in [1.29, 1.82) is 0 Å². The van der Waals surface area contributed by atoms with Gasteiger partial charge in [0.05, 0.1) is 18.8 Å². The van der Waals surface area contributed by atoms with Crippen molar-refractivity contribution < 1.29 is 14.3 Å². The third-order valence-electron chi connectivity index (χ3n) is 2.32. The lowest BCUT2D eigenvalue weighted by Gasteiger charge is -2.03. The van der Waals surface area contributed by atoms with Crippen molar-refractivity contribution in [2.45, 2.75) is 0 Å². The van der Waals surface area contributed by atoms with Gasteiger partial charge >= 0.3 is 5.97 Å². The van der Waals surface area contributed by atoms with Gasteiger partial charge in [0, 0.05) is 10.9 Å². The second-order valence-corrected chi connectivity index (χ2v) is 3.43. The van der Waals surface area contributed by atoms with Crippen molar-refractivity contribution in [3.63, 3.8) is 0 Å². The van der Waals surface area contributed by atoms with Gasteiger partial charge in [-0.05, 0) is 18.2 Å². The Kier molecular flexibility index (Phi) is 3.04. The fourth-order valence-corrected chi connectivity index (χ4v) is 1.41. The van der Waals surface area contributed by atoms with Gasteiger partial charge in [0.2, 0.25) is 0 Å². The average molecular weight is 233 g/mol. The molecule has 1 amide bonds. The predicted molar refractivity (Wildman–Crippen MR) is 60.4 cm³/mol. The number of esters is 1. The minimum atomic E-state index is -0.484. The number of rotatable bonds is 3. The Hall–Kier alpha value is -2.37. The number of nitrogens with zero attached hydrogens (tertiary/aromatic N) is 1. The Labute approximate surface area is 97.0 Å². The number of hydrogen-bond donors (Lipinski definition) is 2. The third-order valence-corrected chi connectivity index (χ3v) is 2.32. The van der Waals surface area contributed by atoms with Gasteiger partial charge in [0.25, 0.3) is 5.91 Å². The molecule has 0 fully saturated rings. The number of carbonyl (C=O) groups is 2. The Balaban J connectivity index is 2.10. The van der Waals surface area contributed by atoms with Gasteiger partial charge in [-0.2, -0.15) is 5.10 Å². The van der Waals surface area contributed by atoms with Crippen LogP contribution in [-0.4, -0.2) is 35.7 Å². The van der Waals surface area contributed by atoms with E-state index >= 15 is 0 Å². The highest BCUT2D eigenvalue weighted by Gasteiger charge is 2.08. The molecule has 2 aromatic rings. The number of benzene rings is 1. The van der Waals surface area contributed by atoms with Crippen molar-refractivity contribution in [3.8, 4) is 0 Å². The largest absolute Gasteiger partial charge is 0.468 e. The van der Waals surface area contributed by atoms with Gasteiger partial charge in [-0.1, -0.05) is 0 Å². The summed E-state index contributed by atoms with van der Waals surface area (Å²) < 4.78 is 4.43. The summed E-state index contributed by atoms with van der Waals surface area (Å²) in [5, 5.41) is 9.95. The van der Waals surface area contributed by atoms with Crippen LogP contribution in [0.2, 0.25) is 0 Å². The quantitative estimate of drug-likeness (QED) is 0.754. The van der Waals surface area contributed by atoms with Gasteiger partial charge < -0.3 is 10.1 Å². The summed E-state index contributed by atoms with van der Waals surface area (Å²) in [4.78, 5) is 22.5. The van der Waals surface area contributed by atoms with E-state index in [2.05, 4.69) is 20.3 Å². The third kappa shape index (κ3) is 2.41. The lowest BCUT2D eigenvalue weighted by molar-refractivity contribution is -0.139. The number of methoxy groups -OCH3 is 1. The Morgan fingerprint density at radius 1 is 1.47 bits per heavy atom. The fourth-order valence-electron chi connectivity index (χ4n) is 1.41. The maximum absolute atomic E-state index is 11.7. The SMILES string of the molecule is COC(=O)CNC(=O)c1ccc2[nH]ncc2c1. The van der Waals surface area contributed by atoms with Gasteiger partial charge in [0.15, 0.2) is 0 Å². The number of ether oxygens (including phenoxy) is 1. The molecule has 2 rings (SSSR count). The second-order valence-electron chi connectivity index (χ2n) is 3.43. The van der Waals surface area contributed by atoms with Crippen molar-refractivity contribution in [2.75, 3.05) is 13.7 Å². The first-order chi connectivity index (χ1) is 8.20. The molecule has 0 radical (unpaired) electrons. The second kappa shape index (κ2) is 4.65. The van der Waals surface area contributed by atoms with Gasteiger partial charge in [-0.15, -0.1) is 0 Å². The van der Waals surface area contributed by atoms with E-state index in [1.807, 2.05) is 0 Å². The summed E-state index contributed by atoms with van der Waals surface area (Å²) >= 11 is 0. The van der Waals surface area contributed by atoms with Crippen LogP contribution in [-0.2, 0) is 9.53 Å². The van der Waals surface area contributed by atoms with Gasteiger partial charge in [0.1, 0.15) is 6.54 Å². The highest BCUT2D eigenvalue weighted by molar-refractivity contribution is 5.99. The van der Waals surface area contributed by atoms with Crippen LogP contribution >= 0.6 is 0 Å². The molecule has 0 aliphatic rings. The van der Waals surface area contributed by atoms with E-state index in [4.69, 9.17) is 0 Å². The first-order valence-corrected chi connectivity index (χ1v) is 4.99. The first kappa shape index (κ1) is 11.1. The lowest BCUT2D eigenvalue weighted by Crippen LogP contribution is -2.30. The van der Waals surface area contributed by atoms with Crippen LogP contribution in [0, 0.1) is 0 Å². The molecule has 1 aromatic carbocycles. The van der Waals surface area contributed by atoms with E-state index in [1.165, 1.54) is 7.11 Å². The van der Waals surface area contributed by atoms with Crippen molar-refractivity contribution in [1.82, 2.24) is 15.5 Å². The van der Waals surface area contributed by atoms with Crippen LogP contribution in [0.1, 0.15) is 10.4 Å². The van der Waals surface area contributed by atoms with Crippen LogP contribution in [0.4, 0.5) is 0 Å². The zero-order valence-corrected chi connectivity index (χ0v) is 9.19. The molecule has 88 valence electrons. The molecule has 0 saturated carbocycles. The molecular formula is C11H11N3O3. The summed E-state index contributed by atoms with van der Waals surface area (Å²) in [5.41, 5.74) is 1.33. The van der Waals surface area contributed by atoms with E-state index in [0.717, 1.165) is 10.9 Å². The Morgan fingerprint density at radius 3 is 3.06 bits per heavy atom. The van der Waals surface area contributed by atoms with Crippen LogP contribution in [0.15, 0.2) is 24.4 Å². The smallest absolute Gasteiger partial charge is 0.325 e. The topological polar surface area (TPSA) is 84.1 Å². The number of amides is 1. The molecule has 0 aliphatic heterocycles. The zero-order valence-electron chi connectivity index (χ0n) is 9.19. The summed E-state index contributed by atoms with van der Waals surface area (Å²) in [6.45, 7) is -0.140. The molecule has 0 spiro atoms. The molecule has 0 unspecified atom stereocenters. The van der Waals surface area contributed by atoms with E-state index in [0.29, 0.717) is 5.56 Å². The Morgan fingerprint density at radius 2 is 2.29 bits per heavy atom. The van der Waals surface area contributed by atoms with Crippen molar-refractivity contribution in [2.24, 2.45) is 0 Å². The highest BCUT2D eigenvalue weighted by atomic mass is 16.5. The predicted octanol–water partition coefficient (Wildman–Crippen LogP) is 0.466. The molecule has 0 bridgehead atoms. The molecule has 6 nitrogen and oxygen atoms in total. The molecule has 0 atom stereocenters. The molecule has 6 heteroatoms. The lowest BCUT2D eigenvalue weighted by atomic mass is 10.1. The maximum atomic E-state index is 11.7. The molecule has 1 heterocycles. The van der Waals surface area contributed by atoms with Crippen LogP contribution in [0.5, 0.6) is 0 Å². The normalized spacial score (nSPS) is 10.2. The number of aromatic amines is 1. The summed E-state index contributed by atoms with van der Waals surface area (Å²) in [5.74, 6) is -0.804. The van der Waals surface area contributed by atoms with E-state index < -0.39 is 5.97 Å². The monoisotopic (exact) mass is 233 g/mol. The number of hydrogen-bond acceptors (Lipinski definition) is 4. The minimum absolute atomic E-state index is 0.140. The average Bonchev–Trinajstić information content (AvgIpc) is 2.82. The molecule has 2 N–H and O–H groups in total. The summed E-state index contributed by atoms with van der Waals surface area (Å²) in [6, 6.07) is 5.12. The van der Waals surface area contributed by atoms with Crippen LogP contribution in [0.3, 0.4) is 0 Å². The molecular weight excluding hydrogens is 222 g/mol. The molecule has 0 aliphatic carbocycles. The van der Waals surface area contributed by atoms with E-state index in [9.17, 15) is 9.59 Å². The summed E-state index contributed by atoms with van der Waals surface area (Å²) in [7, 11) is 1.27. The number of carbonyl (C=O) groups excluding carboxylic acids is 2. The number of H-pyrrole nitrogens is 1. The standard InChI is InChI=1S/C11H11N3O3/c1-17-10(15)6-12-11(16)7-2-3-9-8(4-7)5-13-14-9/h2-5H,6H2,1H3,(H,12,16)(H,13,14). The van der Waals surface area contributed by atoms with E-state index in [1.54, 1.807) is 24.4 Å². The van der Waals surface area contributed by atoms with Crippen LogP contribution < -0.4 is 5.32 Å². The minimum Gasteiger partial charge on any atom is -0.468 e. The van der Waals surface area contributed by atoms with Gasteiger partial charge in [-0.25, -0.2) is 0 Å². The Bertz CT molecular complexity index is 562. The zero-order chi connectivity index (χ0) is 12.3. The number of aromatic nitrogens is 2. The van der Waals surface area contributed by atoms with Crippen molar-refractivity contribution >= 4 is 22.8 Å². The summed E-state index contributed by atoms with van der Waals surface area (Å²) in [6.07, 6.45) is 1.63. The molecule has 1 aromatic heterocycles. The highest BCUT2D eigenvalue weighted by Crippen LogP contribution is 2.12. The van der Waals surface area contributed by atoms with Crippen LogP contribution in [0.25, 0.3) is 10.9 Å². The maximum Gasteiger partial charge on any atom is 0.325 e.